The number of aromatic nitrogens is 1. The molecule has 8 nitrogen and oxygen atoms in total. The summed E-state index contributed by atoms with van der Waals surface area (Å²) in [7, 11) is 0. The Morgan fingerprint density at radius 1 is 0.977 bits per heavy atom. The molecule has 0 unspecified atom stereocenters. The lowest BCUT2D eigenvalue weighted by molar-refractivity contribution is -0.141. The normalized spacial score (nSPS) is 16.8. The van der Waals surface area contributed by atoms with Crippen LogP contribution >= 0.6 is 11.8 Å². The van der Waals surface area contributed by atoms with Crippen molar-refractivity contribution in [3.63, 3.8) is 0 Å². The minimum absolute atomic E-state index is 0.0851. The van der Waals surface area contributed by atoms with Gasteiger partial charge in [0.2, 0.25) is 5.91 Å². The Hall–Kier alpha value is -3.51. The third-order valence-electron chi connectivity index (χ3n) is 7.78. The van der Waals surface area contributed by atoms with Gasteiger partial charge in [-0.15, -0.1) is 11.8 Å². The molecule has 230 valence electrons. The van der Waals surface area contributed by atoms with E-state index < -0.39 is 24.0 Å². The number of hydrogen-bond donors (Lipinski definition) is 1. The summed E-state index contributed by atoms with van der Waals surface area (Å²) in [5, 5.41) is 3.50. The van der Waals surface area contributed by atoms with Crippen LogP contribution in [0.4, 0.5) is 23.7 Å². The maximum atomic E-state index is 13.5. The summed E-state index contributed by atoms with van der Waals surface area (Å²) in [6.07, 6.45) is -3.05. The first-order valence-electron chi connectivity index (χ1n) is 14.6. The van der Waals surface area contributed by atoms with Crippen LogP contribution in [0.2, 0.25) is 0 Å². The molecule has 1 atom stereocenters. The molecule has 43 heavy (non-hydrogen) atoms. The second-order valence-electron chi connectivity index (χ2n) is 10.8. The minimum Gasteiger partial charge on any atom is -0.445 e. The number of alkyl halides is 3. The van der Waals surface area contributed by atoms with Crippen LogP contribution in [-0.4, -0.2) is 83.7 Å². The lowest BCUT2D eigenvalue weighted by Crippen LogP contribution is -2.48. The molecule has 3 heterocycles. The van der Waals surface area contributed by atoms with Crippen molar-refractivity contribution < 1.29 is 27.5 Å². The molecule has 2 aliphatic heterocycles. The van der Waals surface area contributed by atoms with Crippen molar-refractivity contribution in [3.05, 3.63) is 71.9 Å². The molecule has 0 radical (unpaired) electrons. The van der Waals surface area contributed by atoms with Crippen LogP contribution in [0.3, 0.4) is 0 Å². The molecule has 0 bridgehead atoms. The Kier molecular flexibility index (Phi) is 10.3. The lowest BCUT2D eigenvalue weighted by Gasteiger charge is -2.37. The van der Waals surface area contributed by atoms with Crippen molar-refractivity contribution in [3.8, 4) is 0 Å². The zero-order valence-electron chi connectivity index (χ0n) is 23.9. The van der Waals surface area contributed by atoms with Crippen LogP contribution in [0.25, 0.3) is 10.9 Å². The number of carbonyl (C=O) groups excluding carboxylic acids is 2. The van der Waals surface area contributed by atoms with Gasteiger partial charge >= 0.3 is 12.3 Å². The first-order valence-corrected chi connectivity index (χ1v) is 15.7. The van der Waals surface area contributed by atoms with Crippen LogP contribution in [0.15, 0.2) is 60.7 Å². The van der Waals surface area contributed by atoms with E-state index in [1.165, 1.54) is 0 Å². The minimum atomic E-state index is -4.51. The van der Waals surface area contributed by atoms with Gasteiger partial charge in [-0.25, -0.2) is 9.78 Å². The first kappa shape index (κ1) is 30.9. The lowest BCUT2D eigenvalue weighted by atomic mass is 10.1. The molecular formula is C31H36F3N5O3S. The number of unbranched alkanes of at least 4 members (excludes halogenated alkanes) is 1. The molecule has 0 aliphatic carbocycles. The van der Waals surface area contributed by atoms with E-state index in [1.807, 2.05) is 47.4 Å². The van der Waals surface area contributed by atoms with Crippen LogP contribution in [0, 0.1) is 0 Å². The summed E-state index contributed by atoms with van der Waals surface area (Å²) >= 11 is 1.69. The highest BCUT2D eigenvalue weighted by atomic mass is 32.2. The number of pyridine rings is 1. The van der Waals surface area contributed by atoms with Crippen LogP contribution in [0.1, 0.15) is 30.5 Å². The van der Waals surface area contributed by atoms with E-state index in [0.717, 1.165) is 49.9 Å². The second kappa shape index (κ2) is 14.3. The van der Waals surface area contributed by atoms with Gasteiger partial charge in [0.15, 0.2) is 0 Å². The predicted molar refractivity (Wildman–Crippen MR) is 162 cm³/mol. The Morgan fingerprint density at radius 3 is 2.44 bits per heavy atom. The highest BCUT2D eigenvalue weighted by molar-refractivity contribution is 7.99. The van der Waals surface area contributed by atoms with Gasteiger partial charge in [-0.2, -0.15) is 13.2 Å². The molecule has 0 spiro atoms. The number of rotatable bonds is 10. The summed E-state index contributed by atoms with van der Waals surface area (Å²) in [6, 6.07) is 16.8. The van der Waals surface area contributed by atoms with E-state index >= 15 is 0 Å². The van der Waals surface area contributed by atoms with E-state index in [1.54, 1.807) is 28.8 Å². The van der Waals surface area contributed by atoms with Crippen molar-refractivity contribution in [2.24, 2.45) is 0 Å². The third-order valence-corrected chi connectivity index (χ3v) is 8.75. The molecular weight excluding hydrogens is 579 g/mol. The number of nitrogens with zero attached hydrogens (tertiary/aromatic N) is 4. The van der Waals surface area contributed by atoms with Gasteiger partial charge < -0.3 is 19.9 Å². The molecule has 2 saturated heterocycles. The summed E-state index contributed by atoms with van der Waals surface area (Å²) < 4.78 is 45.9. The van der Waals surface area contributed by atoms with Crippen molar-refractivity contribution in [1.82, 2.24) is 20.1 Å². The maximum absolute atomic E-state index is 13.5. The fraction of sp³-hybridized carbons (Fsp3) is 0.452. The molecule has 2 aromatic carbocycles. The molecule has 1 aromatic heterocycles. The van der Waals surface area contributed by atoms with Gasteiger partial charge in [-0.05, 0) is 43.5 Å². The zero-order chi connectivity index (χ0) is 30.2. The van der Waals surface area contributed by atoms with Gasteiger partial charge in [0.05, 0.1) is 11.4 Å². The Balaban J connectivity index is 1.11. The molecule has 5 rings (SSSR count). The van der Waals surface area contributed by atoms with Crippen LogP contribution in [0.5, 0.6) is 0 Å². The second-order valence-corrected chi connectivity index (χ2v) is 11.8. The molecule has 12 heteroatoms. The highest BCUT2D eigenvalue weighted by Gasteiger charge is 2.34. The molecule has 0 saturated carbocycles. The summed E-state index contributed by atoms with van der Waals surface area (Å²) in [5.74, 6) is 1.42. The van der Waals surface area contributed by atoms with Gasteiger partial charge in [0.25, 0.3) is 0 Å². The van der Waals surface area contributed by atoms with E-state index in [2.05, 4.69) is 15.2 Å². The molecule has 1 N–H and O–H groups in total. The average Bonchev–Trinajstić information content (AvgIpc) is 3.56. The van der Waals surface area contributed by atoms with E-state index in [0.29, 0.717) is 48.5 Å². The largest absolute Gasteiger partial charge is 0.445 e. The SMILES string of the molecule is O=C(N[C@@H](CCCCN1CCN(c2cc(C(F)(F)F)nc3ccccc23)CC1)C(=O)N1CCSC1)OCc1ccccc1. The number of hydrogen-bond acceptors (Lipinski definition) is 7. The van der Waals surface area contributed by atoms with Crippen LogP contribution in [-0.2, 0) is 22.3 Å². The van der Waals surface area contributed by atoms with Gasteiger partial charge in [-0.1, -0.05) is 48.5 Å². The third kappa shape index (κ3) is 8.32. The Labute approximate surface area is 253 Å². The fourth-order valence-electron chi connectivity index (χ4n) is 5.43. The molecule has 2 aliphatic rings. The highest BCUT2D eigenvalue weighted by Crippen LogP contribution is 2.35. The average molecular weight is 616 g/mol. The van der Waals surface area contributed by atoms with E-state index in [4.69, 9.17) is 4.74 Å². The summed E-state index contributed by atoms with van der Waals surface area (Å²) in [4.78, 5) is 35.6. The number of ether oxygens (including phenoxy) is 1. The van der Waals surface area contributed by atoms with Crippen LogP contribution < -0.4 is 10.2 Å². The number of halogens is 3. The molecule has 2 fully saturated rings. The quantitative estimate of drug-likeness (QED) is 0.307. The first-order chi connectivity index (χ1) is 20.8. The number of anilines is 1. The Bertz CT molecular complexity index is 1380. The summed E-state index contributed by atoms with van der Waals surface area (Å²) in [5.41, 5.74) is 0.889. The van der Waals surface area contributed by atoms with Crippen molar-refractivity contribution in [2.75, 3.05) is 55.8 Å². The number of alkyl carbamates (subject to hydrolysis) is 1. The van der Waals surface area contributed by atoms with Crippen molar-refractivity contribution in [1.29, 1.82) is 0 Å². The fourth-order valence-corrected chi connectivity index (χ4v) is 6.39. The number of fused-ring (bicyclic) bond motifs is 1. The number of thioether (sulfide) groups is 1. The topological polar surface area (TPSA) is 78.0 Å². The molecule has 3 aromatic rings. The van der Waals surface area contributed by atoms with Gasteiger partial charge in [0, 0.05) is 49.6 Å². The predicted octanol–water partition coefficient (Wildman–Crippen LogP) is 5.37. The molecule has 2 amide bonds. The standard InChI is InChI=1S/C31H36F3N5O3S/c32-31(33,34)28-20-27(24-10-4-5-11-25(24)35-28)38-16-14-37(15-17-38)13-7-6-12-26(29(40)39-18-19-43-22-39)36-30(41)42-21-23-8-2-1-3-9-23/h1-5,8-11,20,26H,6-7,12-19,21-22H2,(H,36,41)/t26-/m0/s1. The number of carbonyl (C=O) groups is 2. The number of nitrogens with one attached hydrogen (secondary N) is 1. The number of piperazine rings is 1. The van der Waals surface area contributed by atoms with Crippen molar-refractivity contribution in [2.45, 2.75) is 38.1 Å². The monoisotopic (exact) mass is 615 g/mol. The zero-order valence-corrected chi connectivity index (χ0v) is 24.7. The number of para-hydroxylation sites is 1. The van der Waals surface area contributed by atoms with Gasteiger partial charge in [-0.3, -0.25) is 9.69 Å². The Morgan fingerprint density at radius 2 is 1.72 bits per heavy atom. The summed E-state index contributed by atoms with van der Waals surface area (Å²) in [6.45, 7) is 4.25. The van der Waals surface area contributed by atoms with E-state index in [9.17, 15) is 22.8 Å². The smallest absolute Gasteiger partial charge is 0.433 e. The van der Waals surface area contributed by atoms with E-state index in [-0.39, 0.29) is 12.5 Å². The van der Waals surface area contributed by atoms with Gasteiger partial charge in [0.1, 0.15) is 18.3 Å². The van der Waals surface area contributed by atoms with Crippen molar-refractivity contribution >= 4 is 40.4 Å². The maximum Gasteiger partial charge on any atom is 0.433 e. The number of benzene rings is 2. The number of amides is 2.